The number of benzene rings is 5. The van der Waals surface area contributed by atoms with Gasteiger partial charge in [0.25, 0.3) is 0 Å². The number of nitrogens with zero attached hydrogens (tertiary/aromatic N) is 1. The van der Waals surface area contributed by atoms with E-state index >= 15 is 0 Å². The Balaban J connectivity index is 1.27. The van der Waals surface area contributed by atoms with Gasteiger partial charge >= 0.3 is 0 Å². The van der Waals surface area contributed by atoms with E-state index in [1.165, 1.54) is 123 Å². The molecule has 0 bridgehead atoms. The molecule has 0 aliphatic heterocycles. The van der Waals surface area contributed by atoms with Crippen molar-refractivity contribution in [2.75, 3.05) is 0 Å². The lowest BCUT2D eigenvalue weighted by Crippen LogP contribution is -2.04. The summed E-state index contributed by atoms with van der Waals surface area (Å²) in [5.74, 6) is 1.40. The Labute approximate surface area is 264 Å². The molecule has 2 heterocycles. The molecule has 2 fully saturated rings. The van der Waals surface area contributed by atoms with Gasteiger partial charge in [-0.1, -0.05) is 87.1 Å². The molecule has 2 saturated carbocycles. The zero-order chi connectivity index (χ0) is 29.0. The number of rotatable bonds is 4. The van der Waals surface area contributed by atoms with Crippen LogP contribution < -0.4 is 0 Å². The lowest BCUT2D eigenvalue weighted by atomic mass is 9.82. The first kappa shape index (κ1) is 26.5. The van der Waals surface area contributed by atoms with Crippen LogP contribution in [0.2, 0.25) is 0 Å². The number of aromatic nitrogens is 1. The standard InChI is InChI=1S/C42H39NS/c1-4-12-28(13-5-1)30-21-23-41-37(24-30)38-27-32(29-14-6-2-7-15-29)26-35(42(38)44-41)31-20-22-40-36(25-31)34-18-10-11-19-39(34)43(40)33-16-8-3-9-17-33/h3,8-11,16-29H,1-2,4-7,12-15H2. The van der Waals surface area contributed by atoms with Crippen LogP contribution in [0, 0.1) is 0 Å². The molecule has 2 aromatic heterocycles. The molecular weight excluding hydrogens is 551 g/mol. The number of thiophene rings is 1. The van der Waals surface area contributed by atoms with E-state index in [0.717, 1.165) is 5.92 Å². The fraction of sp³-hybridized carbons (Fsp3) is 0.286. The zero-order valence-corrected chi connectivity index (χ0v) is 26.2. The van der Waals surface area contributed by atoms with Crippen LogP contribution in [0.5, 0.6) is 0 Å². The van der Waals surface area contributed by atoms with E-state index in [4.69, 9.17) is 0 Å². The Morgan fingerprint density at radius 3 is 1.98 bits per heavy atom. The Hall–Kier alpha value is -3.88. The predicted molar refractivity (Wildman–Crippen MR) is 191 cm³/mol. The molecule has 5 aromatic carbocycles. The second-order valence-electron chi connectivity index (χ2n) is 13.4. The molecule has 9 rings (SSSR count). The van der Waals surface area contributed by atoms with Gasteiger partial charge in [-0.15, -0.1) is 11.3 Å². The van der Waals surface area contributed by atoms with Gasteiger partial charge in [0.05, 0.1) is 11.0 Å². The Morgan fingerprint density at radius 2 is 1.18 bits per heavy atom. The lowest BCUT2D eigenvalue weighted by molar-refractivity contribution is 0.444. The predicted octanol–water partition coefficient (Wildman–Crippen LogP) is 12.9. The molecule has 0 atom stereocenters. The van der Waals surface area contributed by atoms with Crippen LogP contribution in [0.1, 0.15) is 87.2 Å². The highest BCUT2D eigenvalue weighted by Crippen LogP contribution is 2.46. The molecule has 0 amide bonds. The Kier molecular flexibility index (Phi) is 6.59. The maximum absolute atomic E-state index is 2.60. The van der Waals surface area contributed by atoms with E-state index in [1.54, 1.807) is 11.1 Å². The monoisotopic (exact) mass is 589 g/mol. The third-order valence-corrected chi connectivity index (χ3v) is 12.0. The molecule has 7 aromatic rings. The largest absolute Gasteiger partial charge is 0.309 e. The van der Waals surface area contributed by atoms with E-state index in [1.807, 2.05) is 11.3 Å². The molecule has 0 N–H and O–H groups in total. The van der Waals surface area contributed by atoms with Crippen molar-refractivity contribution in [3.63, 3.8) is 0 Å². The van der Waals surface area contributed by atoms with E-state index in [-0.39, 0.29) is 0 Å². The molecule has 218 valence electrons. The van der Waals surface area contributed by atoms with Crippen molar-refractivity contribution in [1.29, 1.82) is 0 Å². The van der Waals surface area contributed by atoms with Crippen molar-refractivity contribution in [1.82, 2.24) is 4.57 Å². The summed E-state index contributed by atoms with van der Waals surface area (Å²) in [7, 11) is 0. The molecule has 44 heavy (non-hydrogen) atoms. The maximum Gasteiger partial charge on any atom is 0.0541 e. The number of fused-ring (bicyclic) bond motifs is 6. The molecule has 2 heteroatoms. The third-order valence-electron chi connectivity index (χ3n) is 10.8. The number of hydrogen-bond donors (Lipinski definition) is 0. The molecule has 2 aliphatic rings. The third kappa shape index (κ3) is 4.41. The van der Waals surface area contributed by atoms with E-state index in [9.17, 15) is 0 Å². The van der Waals surface area contributed by atoms with Crippen molar-refractivity contribution in [2.45, 2.75) is 76.0 Å². The van der Waals surface area contributed by atoms with Crippen molar-refractivity contribution in [3.8, 4) is 16.8 Å². The van der Waals surface area contributed by atoms with Crippen molar-refractivity contribution >= 4 is 53.3 Å². The highest BCUT2D eigenvalue weighted by molar-refractivity contribution is 7.26. The first-order valence-electron chi connectivity index (χ1n) is 16.9. The van der Waals surface area contributed by atoms with Crippen LogP contribution in [-0.2, 0) is 0 Å². The van der Waals surface area contributed by atoms with Crippen LogP contribution in [0.3, 0.4) is 0 Å². The van der Waals surface area contributed by atoms with Crippen molar-refractivity contribution in [3.05, 3.63) is 114 Å². The zero-order valence-electron chi connectivity index (χ0n) is 25.4. The highest BCUT2D eigenvalue weighted by atomic mass is 32.1. The second kappa shape index (κ2) is 10.9. The van der Waals surface area contributed by atoms with Crippen molar-refractivity contribution < 1.29 is 0 Å². The van der Waals surface area contributed by atoms with Crippen LogP contribution >= 0.6 is 11.3 Å². The topological polar surface area (TPSA) is 4.93 Å². The van der Waals surface area contributed by atoms with Crippen LogP contribution in [0.25, 0.3) is 58.8 Å². The minimum atomic E-state index is 0.673. The van der Waals surface area contributed by atoms with Gasteiger partial charge in [0.1, 0.15) is 0 Å². The summed E-state index contributed by atoms with van der Waals surface area (Å²) in [6.07, 6.45) is 13.6. The van der Waals surface area contributed by atoms with Crippen LogP contribution in [0.15, 0.2) is 103 Å². The maximum atomic E-state index is 2.60. The molecule has 0 saturated heterocycles. The van der Waals surface area contributed by atoms with E-state index in [2.05, 4.69) is 108 Å². The molecule has 0 radical (unpaired) electrons. The molecular formula is C42H39NS. The number of hydrogen-bond acceptors (Lipinski definition) is 1. The summed E-state index contributed by atoms with van der Waals surface area (Å²) in [6.45, 7) is 0. The van der Waals surface area contributed by atoms with Gasteiger partial charge in [0, 0.05) is 36.6 Å². The molecule has 0 spiro atoms. The average molecular weight is 590 g/mol. The first-order chi connectivity index (χ1) is 21.8. The summed E-state index contributed by atoms with van der Waals surface area (Å²) in [5, 5.41) is 5.61. The first-order valence-corrected chi connectivity index (χ1v) is 17.7. The molecule has 2 aliphatic carbocycles. The van der Waals surface area contributed by atoms with Gasteiger partial charge < -0.3 is 4.57 Å². The lowest BCUT2D eigenvalue weighted by Gasteiger charge is -2.23. The van der Waals surface area contributed by atoms with Gasteiger partial charge in [0.2, 0.25) is 0 Å². The van der Waals surface area contributed by atoms with Gasteiger partial charge in [-0.2, -0.15) is 0 Å². The summed E-state index contributed by atoms with van der Waals surface area (Å²) in [4.78, 5) is 0. The summed E-state index contributed by atoms with van der Waals surface area (Å²) < 4.78 is 5.31. The summed E-state index contributed by atoms with van der Waals surface area (Å²) in [6, 6.07) is 39.6. The smallest absolute Gasteiger partial charge is 0.0541 e. The van der Waals surface area contributed by atoms with Gasteiger partial charge in [-0.25, -0.2) is 0 Å². The summed E-state index contributed by atoms with van der Waals surface area (Å²) >= 11 is 2.00. The quantitative estimate of drug-likeness (QED) is 0.192. The van der Waals surface area contributed by atoms with Crippen LogP contribution in [0.4, 0.5) is 0 Å². The SMILES string of the molecule is c1ccc(-n2c3ccccc3c3cc(-c4cc(C5CCCCC5)cc5c4sc4ccc(C6CCCCC6)cc45)ccc32)cc1. The van der Waals surface area contributed by atoms with Crippen LogP contribution in [-0.4, -0.2) is 4.57 Å². The van der Waals surface area contributed by atoms with E-state index in [0.29, 0.717) is 5.92 Å². The minimum absolute atomic E-state index is 0.673. The summed E-state index contributed by atoms with van der Waals surface area (Å²) in [5.41, 5.74) is 9.64. The minimum Gasteiger partial charge on any atom is -0.309 e. The molecule has 1 nitrogen and oxygen atoms in total. The normalized spacial score (nSPS) is 16.9. The molecule has 0 unspecified atom stereocenters. The average Bonchev–Trinajstić information content (AvgIpc) is 3.64. The Bertz CT molecular complexity index is 2130. The number of para-hydroxylation sites is 2. The fourth-order valence-corrected chi connectivity index (χ4v) is 9.69. The van der Waals surface area contributed by atoms with Gasteiger partial charge in [-0.3, -0.25) is 0 Å². The Morgan fingerprint density at radius 1 is 0.500 bits per heavy atom. The van der Waals surface area contributed by atoms with Gasteiger partial charge in [0.15, 0.2) is 0 Å². The van der Waals surface area contributed by atoms with Gasteiger partial charge in [-0.05, 0) is 114 Å². The van der Waals surface area contributed by atoms with E-state index < -0.39 is 0 Å². The highest BCUT2D eigenvalue weighted by Gasteiger charge is 2.22. The second-order valence-corrected chi connectivity index (χ2v) is 14.4. The fourth-order valence-electron chi connectivity index (χ4n) is 8.49. The van der Waals surface area contributed by atoms with Crippen molar-refractivity contribution in [2.24, 2.45) is 0 Å².